The molecule has 3 heterocycles. The molecule has 0 radical (unpaired) electrons. The number of halogens is 1. The van der Waals surface area contributed by atoms with Crippen LogP contribution < -0.4 is 10.7 Å². The highest BCUT2D eigenvalue weighted by Gasteiger charge is 2.42. The molecule has 9 heteroatoms. The fourth-order valence-corrected chi connectivity index (χ4v) is 4.11. The van der Waals surface area contributed by atoms with Crippen LogP contribution in [0.2, 0.25) is 0 Å². The molecule has 1 aromatic carbocycles. The van der Waals surface area contributed by atoms with Gasteiger partial charge < -0.3 is 19.9 Å². The molecule has 0 saturated carbocycles. The lowest BCUT2D eigenvalue weighted by atomic mass is 10.0. The molecule has 1 aromatic heterocycles. The molecule has 0 aliphatic carbocycles. The van der Waals surface area contributed by atoms with E-state index in [9.17, 15) is 23.9 Å². The van der Waals surface area contributed by atoms with Gasteiger partial charge in [-0.15, -0.1) is 0 Å². The summed E-state index contributed by atoms with van der Waals surface area (Å²) in [6, 6.07) is 5.60. The van der Waals surface area contributed by atoms with Gasteiger partial charge in [0.1, 0.15) is 17.5 Å². The molecule has 0 spiro atoms. The molecule has 1 saturated heterocycles. The zero-order valence-electron chi connectivity index (χ0n) is 16.8. The number of hydrogen-bond acceptors (Lipinski definition) is 5. The third kappa shape index (κ3) is 3.35. The number of amides is 2. The Balaban J connectivity index is 1.64. The van der Waals surface area contributed by atoms with Crippen molar-refractivity contribution in [2.24, 2.45) is 0 Å². The zero-order chi connectivity index (χ0) is 21.6. The number of aromatic nitrogens is 1. The molecule has 2 amide bonds. The summed E-state index contributed by atoms with van der Waals surface area (Å²) in [4.78, 5) is 42.0. The van der Waals surface area contributed by atoms with Crippen LogP contribution in [0.4, 0.5) is 4.39 Å². The van der Waals surface area contributed by atoms with Crippen LogP contribution in [0.1, 0.15) is 39.8 Å². The molecule has 2 aliphatic rings. The molecule has 2 N–H and O–H groups in total. The van der Waals surface area contributed by atoms with Crippen molar-refractivity contribution in [2.45, 2.75) is 38.6 Å². The Morgan fingerprint density at radius 1 is 1.27 bits per heavy atom. The highest BCUT2D eigenvalue weighted by Crippen LogP contribution is 2.30. The molecular weight excluding hydrogens is 391 g/mol. The van der Waals surface area contributed by atoms with Crippen LogP contribution in [0.25, 0.3) is 0 Å². The predicted octanol–water partition coefficient (Wildman–Crippen LogP) is 1.13. The minimum absolute atomic E-state index is 0.0133. The SMILES string of the molecule is CC1CCN(C)C2Cn3cc(C(=O)NCc4ccc(F)cc4)c(=O)c(O)c3C(=O)N12. The van der Waals surface area contributed by atoms with Crippen LogP contribution in [0.15, 0.2) is 35.3 Å². The van der Waals surface area contributed by atoms with Crippen molar-refractivity contribution in [2.75, 3.05) is 13.6 Å². The summed E-state index contributed by atoms with van der Waals surface area (Å²) in [5.41, 5.74) is -0.557. The molecule has 2 unspecified atom stereocenters. The van der Waals surface area contributed by atoms with Gasteiger partial charge in [0.2, 0.25) is 5.43 Å². The van der Waals surface area contributed by atoms with Crippen LogP contribution in [-0.4, -0.2) is 57.1 Å². The fourth-order valence-electron chi connectivity index (χ4n) is 4.11. The zero-order valence-corrected chi connectivity index (χ0v) is 16.8. The average Bonchev–Trinajstić information content (AvgIpc) is 2.72. The summed E-state index contributed by atoms with van der Waals surface area (Å²) in [6.45, 7) is 3.20. The van der Waals surface area contributed by atoms with E-state index in [1.165, 1.54) is 35.0 Å². The van der Waals surface area contributed by atoms with Crippen molar-refractivity contribution in [1.82, 2.24) is 19.7 Å². The Morgan fingerprint density at radius 2 is 1.97 bits per heavy atom. The molecule has 8 nitrogen and oxygen atoms in total. The molecule has 1 fully saturated rings. The normalized spacial score (nSPS) is 21.2. The first-order valence-corrected chi connectivity index (χ1v) is 9.80. The highest BCUT2D eigenvalue weighted by atomic mass is 19.1. The Morgan fingerprint density at radius 3 is 2.67 bits per heavy atom. The Labute approximate surface area is 172 Å². The molecule has 2 aliphatic heterocycles. The number of rotatable bonds is 3. The number of likely N-dealkylation sites (N-methyl/N-ethyl adjacent to an activating group) is 1. The van der Waals surface area contributed by atoms with Gasteiger partial charge in [0.25, 0.3) is 11.8 Å². The number of pyridine rings is 1. The minimum Gasteiger partial charge on any atom is -0.503 e. The largest absolute Gasteiger partial charge is 0.503 e. The van der Waals surface area contributed by atoms with Crippen LogP contribution >= 0.6 is 0 Å². The first kappa shape index (κ1) is 20.1. The summed E-state index contributed by atoms with van der Waals surface area (Å²) in [6.07, 6.45) is 1.92. The predicted molar refractivity (Wildman–Crippen MR) is 107 cm³/mol. The lowest BCUT2D eigenvalue weighted by molar-refractivity contribution is -0.0209. The standard InChI is InChI=1S/C21H23FN4O4/c1-12-7-8-24(2)16-11-25-10-15(18(27)19(28)17(25)21(30)26(12)16)20(29)23-9-13-3-5-14(22)6-4-13/h3-6,10,12,16,28H,7-9,11H2,1-2H3,(H,23,29). The fraction of sp³-hybridized carbons (Fsp3) is 0.381. The van der Waals surface area contributed by atoms with Crippen LogP contribution in [-0.2, 0) is 13.1 Å². The van der Waals surface area contributed by atoms with Gasteiger partial charge in [-0.3, -0.25) is 19.3 Å². The lowest BCUT2D eigenvalue weighted by Gasteiger charge is -2.49. The van der Waals surface area contributed by atoms with E-state index in [1.54, 1.807) is 4.90 Å². The number of nitrogens with zero attached hydrogens (tertiary/aromatic N) is 3. The van der Waals surface area contributed by atoms with E-state index in [-0.39, 0.29) is 35.8 Å². The minimum atomic E-state index is -0.886. The summed E-state index contributed by atoms with van der Waals surface area (Å²) in [5.74, 6) is -2.19. The van der Waals surface area contributed by atoms with Crippen molar-refractivity contribution >= 4 is 11.8 Å². The Bertz CT molecular complexity index is 1070. The smallest absolute Gasteiger partial charge is 0.276 e. The molecule has 4 rings (SSSR count). The van der Waals surface area contributed by atoms with Gasteiger partial charge in [0, 0.05) is 25.3 Å². The first-order valence-electron chi connectivity index (χ1n) is 9.80. The molecular formula is C21H23FN4O4. The van der Waals surface area contributed by atoms with E-state index in [0.29, 0.717) is 12.1 Å². The van der Waals surface area contributed by atoms with Crippen LogP contribution in [0.3, 0.4) is 0 Å². The summed E-state index contributed by atoms with van der Waals surface area (Å²) in [5, 5.41) is 13.1. The highest BCUT2D eigenvalue weighted by molar-refractivity contribution is 5.99. The second-order valence-electron chi connectivity index (χ2n) is 7.84. The van der Waals surface area contributed by atoms with E-state index in [1.807, 2.05) is 18.9 Å². The van der Waals surface area contributed by atoms with E-state index in [2.05, 4.69) is 5.32 Å². The topological polar surface area (TPSA) is 94.9 Å². The summed E-state index contributed by atoms with van der Waals surface area (Å²) in [7, 11) is 1.92. The van der Waals surface area contributed by atoms with Gasteiger partial charge >= 0.3 is 0 Å². The van der Waals surface area contributed by atoms with E-state index < -0.39 is 23.0 Å². The third-order valence-electron chi connectivity index (χ3n) is 5.87. The lowest BCUT2D eigenvalue weighted by Crippen LogP contribution is -2.62. The van der Waals surface area contributed by atoms with Gasteiger partial charge in [-0.25, -0.2) is 4.39 Å². The average molecular weight is 414 g/mol. The molecule has 30 heavy (non-hydrogen) atoms. The van der Waals surface area contributed by atoms with Gasteiger partial charge in [0.15, 0.2) is 11.4 Å². The van der Waals surface area contributed by atoms with Gasteiger partial charge in [-0.2, -0.15) is 0 Å². The number of hydrogen-bond donors (Lipinski definition) is 2. The maximum absolute atomic E-state index is 13.0. The Kier molecular flexibility index (Phi) is 5.07. The number of nitrogens with one attached hydrogen (secondary N) is 1. The number of benzene rings is 1. The molecule has 2 aromatic rings. The maximum Gasteiger partial charge on any atom is 0.276 e. The van der Waals surface area contributed by atoms with E-state index >= 15 is 0 Å². The Hall–Kier alpha value is -3.20. The second-order valence-corrected chi connectivity index (χ2v) is 7.84. The first-order chi connectivity index (χ1) is 14.3. The number of carbonyl (C=O) groups is 2. The molecule has 158 valence electrons. The van der Waals surface area contributed by atoms with Crippen molar-refractivity contribution in [3.05, 3.63) is 63.3 Å². The third-order valence-corrected chi connectivity index (χ3v) is 5.87. The van der Waals surface area contributed by atoms with Gasteiger partial charge in [0.05, 0.1) is 6.54 Å². The second kappa shape index (κ2) is 7.56. The molecule has 0 bridgehead atoms. The van der Waals surface area contributed by atoms with Crippen molar-refractivity contribution in [3.63, 3.8) is 0 Å². The van der Waals surface area contributed by atoms with E-state index in [4.69, 9.17) is 0 Å². The van der Waals surface area contributed by atoms with E-state index in [0.717, 1.165) is 13.0 Å². The van der Waals surface area contributed by atoms with Crippen molar-refractivity contribution in [3.8, 4) is 5.75 Å². The van der Waals surface area contributed by atoms with Crippen molar-refractivity contribution < 1.29 is 19.1 Å². The van der Waals surface area contributed by atoms with Gasteiger partial charge in [-0.05, 0) is 38.1 Å². The number of fused-ring (bicyclic) bond motifs is 2. The van der Waals surface area contributed by atoms with Crippen molar-refractivity contribution in [1.29, 1.82) is 0 Å². The summed E-state index contributed by atoms with van der Waals surface area (Å²) >= 11 is 0. The maximum atomic E-state index is 13.0. The quantitative estimate of drug-likeness (QED) is 0.785. The monoisotopic (exact) mass is 414 g/mol. The number of carbonyl (C=O) groups excluding carboxylic acids is 2. The van der Waals surface area contributed by atoms with Crippen LogP contribution in [0.5, 0.6) is 5.75 Å². The summed E-state index contributed by atoms with van der Waals surface area (Å²) < 4.78 is 14.5. The number of aromatic hydroxyl groups is 1. The van der Waals surface area contributed by atoms with Gasteiger partial charge in [-0.1, -0.05) is 12.1 Å². The van der Waals surface area contributed by atoms with Crippen LogP contribution in [0, 0.1) is 5.82 Å². The molecule has 2 atom stereocenters.